The molecule has 0 saturated carbocycles. The maximum atomic E-state index is 6.35. The number of rotatable bonds is 6. The maximum Gasteiger partial charge on any atom is 0.107 e. The minimum absolute atomic E-state index is 0.159. The fraction of sp³-hybridized carbons (Fsp3) is 0.400. The molecule has 4 heteroatoms. The number of benzene rings is 1. The van der Waals surface area contributed by atoms with Crippen LogP contribution < -0.4 is 0 Å². The van der Waals surface area contributed by atoms with Crippen molar-refractivity contribution in [2.45, 2.75) is 29.3 Å². The number of halogens is 2. The molecule has 0 amide bonds. The van der Waals surface area contributed by atoms with Gasteiger partial charge in [-0.15, -0.1) is 29.8 Å². The normalized spacial score (nSPS) is 30.3. The molecule has 2 nitrogen and oxygen atoms in total. The highest BCUT2D eigenvalue weighted by atomic mass is 35.5. The summed E-state index contributed by atoms with van der Waals surface area (Å²) in [5.74, 6) is 0. The largest absolute Gasteiger partial charge is 0.365 e. The molecule has 0 bridgehead atoms. The lowest BCUT2D eigenvalue weighted by Crippen LogP contribution is -2.39. The van der Waals surface area contributed by atoms with Crippen molar-refractivity contribution in [3.8, 4) is 0 Å². The summed E-state index contributed by atoms with van der Waals surface area (Å²) in [6, 6.07) is 10.5. The monoisotopic (exact) mass is 363 g/mol. The van der Waals surface area contributed by atoms with Crippen LogP contribution in [-0.2, 0) is 11.3 Å². The molecule has 1 saturated heterocycles. The van der Waals surface area contributed by atoms with Gasteiger partial charge in [0.25, 0.3) is 0 Å². The molecule has 1 aliphatic heterocycles. The van der Waals surface area contributed by atoms with Crippen molar-refractivity contribution in [2.75, 3.05) is 19.7 Å². The first-order chi connectivity index (χ1) is 11.6. The first kappa shape index (κ1) is 17.8. The smallest absolute Gasteiger partial charge is 0.107 e. The summed E-state index contributed by atoms with van der Waals surface area (Å²) >= 11 is 12.5. The quantitative estimate of drug-likeness (QED) is 0.543. The average Bonchev–Trinajstić information content (AvgIpc) is 3.00. The molecule has 0 radical (unpaired) electrons. The molecule has 3 rings (SSSR count). The van der Waals surface area contributed by atoms with Crippen molar-refractivity contribution >= 4 is 23.2 Å². The molecule has 1 aliphatic carbocycles. The number of nitrogens with zero attached hydrogens (tertiary/aromatic N) is 1. The van der Waals surface area contributed by atoms with E-state index in [0.29, 0.717) is 6.61 Å². The van der Waals surface area contributed by atoms with Crippen LogP contribution in [0, 0.1) is 0 Å². The Bertz CT molecular complexity index is 628. The molecule has 0 aromatic heterocycles. The lowest BCUT2D eigenvalue weighted by Gasteiger charge is -2.33. The van der Waals surface area contributed by atoms with Crippen LogP contribution in [0.5, 0.6) is 0 Å². The molecule has 1 heterocycles. The van der Waals surface area contributed by atoms with E-state index in [4.69, 9.17) is 27.9 Å². The van der Waals surface area contributed by atoms with Gasteiger partial charge in [0.05, 0.1) is 17.4 Å². The van der Waals surface area contributed by atoms with Gasteiger partial charge in [0.2, 0.25) is 0 Å². The lowest BCUT2D eigenvalue weighted by atomic mass is 9.88. The topological polar surface area (TPSA) is 12.5 Å². The van der Waals surface area contributed by atoms with E-state index < -0.39 is 0 Å². The molecule has 0 N–H and O–H groups in total. The van der Waals surface area contributed by atoms with Crippen LogP contribution in [0.25, 0.3) is 0 Å². The highest BCUT2D eigenvalue weighted by Crippen LogP contribution is 2.37. The summed E-state index contributed by atoms with van der Waals surface area (Å²) in [4.78, 5) is 2.43. The molecule has 1 aromatic carbocycles. The molecule has 1 aromatic rings. The summed E-state index contributed by atoms with van der Waals surface area (Å²) in [7, 11) is 0. The number of allylic oxidation sites excluding steroid dienone is 2. The van der Waals surface area contributed by atoms with Crippen LogP contribution in [0.4, 0.5) is 0 Å². The van der Waals surface area contributed by atoms with Crippen molar-refractivity contribution in [2.24, 2.45) is 0 Å². The van der Waals surface area contributed by atoms with Crippen molar-refractivity contribution in [3.63, 3.8) is 0 Å². The molecule has 3 unspecified atom stereocenters. The van der Waals surface area contributed by atoms with E-state index in [-0.39, 0.29) is 16.4 Å². The van der Waals surface area contributed by atoms with E-state index in [0.717, 1.165) is 31.6 Å². The van der Waals surface area contributed by atoms with E-state index >= 15 is 0 Å². The predicted molar refractivity (Wildman–Crippen MR) is 102 cm³/mol. The zero-order valence-corrected chi connectivity index (χ0v) is 15.2. The maximum absolute atomic E-state index is 6.35. The number of ether oxygens (including phenoxy) is 1. The summed E-state index contributed by atoms with van der Waals surface area (Å²) in [5.41, 5.74) is 2.13. The Balaban J connectivity index is 1.77. The number of alkyl halides is 2. The highest BCUT2D eigenvalue weighted by Gasteiger charge is 2.42. The lowest BCUT2D eigenvalue weighted by molar-refractivity contribution is 0.00881. The Morgan fingerprint density at radius 1 is 1.25 bits per heavy atom. The van der Waals surface area contributed by atoms with E-state index in [9.17, 15) is 0 Å². The van der Waals surface area contributed by atoms with Crippen LogP contribution in [0.3, 0.4) is 0 Å². The van der Waals surface area contributed by atoms with Crippen molar-refractivity contribution < 1.29 is 4.74 Å². The average molecular weight is 364 g/mol. The second-order valence-electron chi connectivity index (χ2n) is 6.41. The Morgan fingerprint density at radius 3 is 2.75 bits per heavy atom. The molecular formula is C20H23Cl2NO. The standard InChI is InChI=1S/C20H23Cl2NO/c1-2-12-24-20(17-8-9-18(21)19(22)13-17)10-11-23(15-20)14-16-6-4-3-5-7-16/h2-9,13,18-19H,1,10-12,14-15H2. The molecule has 3 atom stereocenters. The van der Waals surface area contributed by atoms with E-state index in [1.54, 1.807) is 6.08 Å². The first-order valence-electron chi connectivity index (χ1n) is 8.33. The minimum atomic E-state index is -0.330. The van der Waals surface area contributed by atoms with Gasteiger partial charge in [-0.05, 0) is 17.6 Å². The van der Waals surface area contributed by atoms with Gasteiger partial charge < -0.3 is 4.74 Å². The summed E-state index contributed by atoms with van der Waals surface area (Å²) in [5, 5.41) is -0.354. The van der Waals surface area contributed by atoms with Crippen LogP contribution in [-0.4, -0.2) is 41.0 Å². The van der Waals surface area contributed by atoms with Crippen LogP contribution >= 0.6 is 23.2 Å². The zero-order chi connectivity index (χ0) is 17.0. The second-order valence-corrected chi connectivity index (χ2v) is 7.42. The fourth-order valence-corrected chi connectivity index (χ4v) is 3.78. The molecular weight excluding hydrogens is 341 g/mol. The minimum Gasteiger partial charge on any atom is -0.365 e. The van der Waals surface area contributed by atoms with Crippen molar-refractivity contribution in [1.29, 1.82) is 0 Å². The third-order valence-electron chi connectivity index (χ3n) is 4.67. The highest BCUT2D eigenvalue weighted by molar-refractivity contribution is 6.31. The predicted octanol–water partition coefficient (Wildman–Crippen LogP) is 4.54. The van der Waals surface area contributed by atoms with Crippen LogP contribution in [0.2, 0.25) is 0 Å². The van der Waals surface area contributed by atoms with Gasteiger partial charge in [-0.3, -0.25) is 4.90 Å². The summed E-state index contributed by atoms with van der Waals surface area (Å²) < 4.78 is 6.25. The third kappa shape index (κ3) is 3.94. The van der Waals surface area contributed by atoms with E-state index in [1.807, 2.05) is 18.2 Å². The zero-order valence-electron chi connectivity index (χ0n) is 13.7. The summed E-state index contributed by atoms with van der Waals surface area (Å²) in [6.07, 6.45) is 8.84. The third-order valence-corrected chi connectivity index (χ3v) is 5.61. The Hall–Kier alpha value is -1.06. The van der Waals surface area contributed by atoms with Gasteiger partial charge in [-0.1, -0.05) is 54.6 Å². The Morgan fingerprint density at radius 2 is 2.04 bits per heavy atom. The Labute approximate surface area is 154 Å². The van der Waals surface area contributed by atoms with Crippen LogP contribution in [0.1, 0.15) is 12.0 Å². The Kier molecular flexibility index (Phi) is 5.83. The molecule has 128 valence electrons. The first-order valence-corrected chi connectivity index (χ1v) is 9.20. The molecule has 2 aliphatic rings. The number of likely N-dealkylation sites (tertiary alicyclic amines) is 1. The molecule has 1 fully saturated rings. The van der Waals surface area contributed by atoms with E-state index in [2.05, 4.69) is 41.8 Å². The van der Waals surface area contributed by atoms with Gasteiger partial charge in [-0.25, -0.2) is 0 Å². The van der Waals surface area contributed by atoms with E-state index in [1.165, 1.54) is 5.56 Å². The van der Waals surface area contributed by atoms with Gasteiger partial charge in [-0.2, -0.15) is 0 Å². The molecule has 0 spiro atoms. The van der Waals surface area contributed by atoms with Crippen LogP contribution in [0.15, 0.2) is 66.8 Å². The SMILES string of the molecule is C=CCOC1(C2=CC(Cl)C(Cl)C=C2)CCN(Cc2ccccc2)C1. The van der Waals surface area contributed by atoms with Gasteiger partial charge in [0.15, 0.2) is 0 Å². The summed E-state index contributed by atoms with van der Waals surface area (Å²) in [6.45, 7) is 7.09. The second kappa shape index (κ2) is 7.88. The van der Waals surface area contributed by atoms with Gasteiger partial charge >= 0.3 is 0 Å². The number of hydrogen-bond donors (Lipinski definition) is 0. The van der Waals surface area contributed by atoms with Crippen molar-refractivity contribution in [1.82, 2.24) is 4.90 Å². The van der Waals surface area contributed by atoms with Gasteiger partial charge in [0.1, 0.15) is 5.60 Å². The number of hydrogen-bond acceptors (Lipinski definition) is 2. The van der Waals surface area contributed by atoms with Crippen molar-refractivity contribution in [3.05, 3.63) is 72.4 Å². The molecule has 24 heavy (non-hydrogen) atoms. The fourth-order valence-electron chi connectivity index (χ4n) is 3.41. The van der Waals surface area contributed by atoms with Gasteiger partial charge in [0, 0.05) is 19.6 Å².